The normalized spacial score (nSPS) is 27.3. The van der Waals surface area contributed by atoms with Crippen LogP contribution in [0.25, 0.3) is 0 Å². The van der Waals surface area contributed by atoms with Crippen molar-refractivity contribution in [3.8, 4) is 0 Å². The molecule has 38 heavy (non-hydrogen) atoms. The molecular weight excluding hydrogens is 562 g/mol. The number of carbonyl (C=O) groups excluding carboxylic acids is 1. The summed E-state index contributed by atoms with van der Waals surface area (Å²) in [4.78, 5) is 12.6. The first-order valence-corrected chi connectivity index (χ1v) is 15.8. The highest BCUT2D eigenvalue weighted by Gasteiger charge is 2.58. The van der Waals surface area contributed by atoms with Gasteiger partial charge in [-0.05, 0) is 73.8 Å². The molecule has 2 fully saturated rings. The molecule has 13 heteroatoms. The Hall–Kier alpha value is -2.12. The van der Waals surface area contributed by atoms with Crippen molar-refractivity contribution in [1.82, 2.24) is 4.72 Å². The average molecular weight is 591 g/mol. The highest BCUT2D eigenvalue weighted by atomic mass is 35.5. The molecule has 2 saturated carbocycles. The van der Waals surface area contributed by atoms with E-state index in [1.54, 1.807) is 0 Å². The number of benzene rings is 2. The molecule has 2 aromatic rings. The van der Waals surface area contributed by atoms with Crippen LogP contribution in [-0.4, -0.2) is 51.5 Å². The molecule has 2 aliphatic rings. The molecule has 0 spiro atoms. The number of rotatable bonds is 7. The number of halogens is 3. The first-order chi connectivity index (χ1) is 17.5. The van der Waals surface area contributed by atoms with Crippen LogP contribution in [0.1, 0.15) is 42.1 Å². The van der Waals surface area contributed by atoms with Crippen LogP contribution in [0.5, 0.6) is 0 Å². The maximum atomic E-state index is 13.7. The van der Waals surface area contributed by atoms with Gasteiger partial charge in [-0.2, -0.15) is 0 Å². The van der Waals surface area contributed by atoms with Gasteiger partial charge in [0.15, 0.2) is 21.5 Å². The molecule has 2 unspecified atom stereocenters. The number of hydrogen-bond acceptors (Lipinski definition) is 6. The summed E-state index contributed by atoms with van der Waals surface area (Å²) in [5.41, 5.74) is -1.10. The van der Waals surface area contributed by atoms with Crippen molar-refractivity contribution in [2.24, 2.45) is 17.8 Å². The summed E-state index contributed by atoms with van der Waals surface area (Å²) in [7, 11) is -7.61. The van der Waals surface area contributed by atoms with E-state index in [1.807, 2.05) is 6.92 Å². The highest BCUT2D eigenvalue weighted by molar-refractivity contribution is 7.92. The summed E-state index contributed by atoms with van der Waals surface area (Å²) in [6.45, 7) is 3.20. The van der Waals surface area contributed by atoms with Crippen molar-refractivity contribution >= 4 is 43.1 Å². The Kier molecular flexibility index (Phi) is 7.69. The molecular formula is C25H29ClF2N2O6S2. The van der Waals surface area contributed by atoms with E-state index in [1.165, 1.54) is 19.1 Å². The zero-order valence-corrected chi connectivity index (χ0v) is 23.4. The SMILES string of the molecule is Cc1cc(F)c(F)cc1NC(=O)c1ccc(Cl)c(S(=O)(=O)[C@@H]2CC3C[C@H](C)C(C2)[C@@]3(O)CNS(C)(=O)=O)c1. The van der Waals surface area contributed by atoms with Crippen molar-refractivity contribution in [1.29, 1.82) is 0 Å². The van der Waals surface area contributed by atoms with Crippen LogP contribution >= 0.6 is 11.6 Å². The summed E-state index contributed by atoms with van der Waals surface area (Å²) in [5, 5.41) is 12.9. The summed E-state index contributed by atoms with van der Waals surface area (Å²) in [6.07, 6.45) is 1.74. The predicted octanol–water partition coefficient (Wildman–Crippen LogP) is 3.67. The summed E-state index contributed by atoms with van der Waals surface area (Å²) < 4.78 is 80.2. The van der Waals surface area contributed by atoms with Gasteiger partial charge in [-0.1, -0.05) is 18.5 Å². The lowest BCUT2D eigenvalue weighted by Crippen LogP contribution is -2.55. The first-order valence-electron chi connectivity index (χ1n) is 12.0. The van der Waals surface area contributed by atoms with E-state index in [0.29, 0.717) is 6.42 Å². The smallest absolute Gasteiger partial charge is 0.255 e. The number of fused-ring (bicyclic) bond motifs is 2. The van der Waals surface area contributed by atoms with E-state index in [0.717, 1.165) is 24.5 Å². The molecule has 0 radical (unpaired) electrons. The maximum Gasteiger partial charge on any atom is 0.255 e. The Morgan fingerprint density at radius 2 is 1.76 bits per heavy atom. The van der Waals surface area contributed by atoms with Gasteiger partial charge >= 0.3 is 0 Å². The number of sulfonamides is 1. The second kappa shape index (κ2) is 10.1. The van der Waals surface area contributed by atoms with E-state index in [2.05, 4.69) is 10.0 Å². The Morgan fingerprint density at radius 1 is 1.11 bits per heavy atom. The minimum atomic E-state index is -4.06. The van der Waals surface area contributed by atoms with E-state index >= 15 is 0 Å². The Labute approximate surface area is 225 Å². The molecule has 0 aromatic heterocycles. The van der Waals surface area contributed by atoms with Gasteiger partial charge in [-0.3, -0.25) is 4.79 Å². The van der Waals surface area contributed by atoms with Gasteiger partial charge in [0, 0.05) is 23.9 Å². The van der Waals surface area contributed by atoms with E-state index in [-0.39, 0.29) is 52.0 Å². The van der Waals surface area contributed by atoms with Crippen molar-refractivity contribution in [3.63, 3.8) is 0 Å². The predicted molar refractivity (Wildman–Crippen MR) is 139 cm³/mol. The number of hydrogen-bond donors (Lipinski definition) is 3. The molecule has 1 amide bonds. The molecule has 0 heterocycles. The van der Waals surface area contributed by atoms with Gasteiger partial charge in [0.25, 0.3) is 5.91 Å². The van der Waals surface area contributed by atoms with Crippen LogP contribution < -0.4 is 10.0 Å². The fraction of sp³-hybridized carbons (Fsp3) is 0.480. The third-order valence-electron chi connectivity index (χ3n) is 7.83. The fourth-order valence-electron chi connectivity index (χ4n) is 5.84. The summed E-state index contributed by atoms with van der Waals surface area (Å²) in [5.74, 6) is -3.87. The minimum absolute atomic E-state index is 0.0292. The van der Waals surface area contributed by atoms with Crippen molar-refractivity contribution in [3.05, 3.63) is 58.1 Å². The van der Waals surface area contributed by atoms with E-state index < -0.39 is 60.1 Å². The molecule has 2 bridgehead atoms. The molecule has 0 saturated heterocycles. The Balaban J connectivity index is 1.59. The number of aliphatic hydroxyl groups is 1. The zero-order chi connectivity index (χ0) is 28.2. The molecule has 3 N–H and O–H groups in total. The van der Waals surface area contributed by atoms with Crippen LogP contribution in [0.4, 0.5) is 14.5 Å². The van der Waals surface area contributed by atoms with Crippen molar-refractivity contribution in [2.45, 2.75) is 48.9 Å². The van der Waals surface area contributed by atoms with Gasteiger partial charge in [-0.25, -0.2) is 30.3 Å². The van der Waals surface area contributed by atoms with Crippen LogP contribution in [-0.2, 0) is 19.9 Å². The van der Waals surface area contributed by atoms with Gasteiger partial charge in [0.2, 0.25) is 10.0 Å². The Bertz CT molecular complexity index is 1500. The molecule has 8 nitrogen and oxygen atoms in total. The van der Waals surface area contributed by atoms with Gasteiger partial charge in [0.05, 0.1) is 27.0 Å². The molecule has 5 atom stereocenters. The topological polar surface area (TPSA) is 130 Å². The number of sulfone groups is 1. The zero-order valence-electron chi connectivity index (χ0n) is 21.0. The minimum Gasteiger partial charge on any atom is -0.388 e. The summed E-state index contributed by atoms with van der Waals surface area (Å²) >= 11 is 6.27. The highest BCUT2D eigenvalue weighted by Crippen LogP contribution is 2.54. The second-order valence-corrected chi connectivity index (χ2v) is 14.9. The molecule has 0 aliphatic heterocycles. The van der Waals surface area contributed by atoms with Crippen LogP contribution in [0.3, 0.4) is 0 Å². The van der Waals surface area contributed by atoms with E-state index in [4.69, 9.17) is 11.6 Å². The third kappa shape index (κ3) is 5.46. The molecule has 2 aliphatic carbocycles. The number of aryl methyl sites for hydroxylation is 1. The van der Waals surface area contributed by atoms with Gasteiger partial charge in [0.1, 0.15) is 0 Å². The number of nitrogens with one attached hydrogen (secondary N) is 2. The lowest BCUT2D eigenvalue weighted by molar-refractivity contribution is -0.0576. The largest absolute Gasteiger partial charge is 0.388 e. The number of anilines is 1. The van der Waals surface area contributed by atoms with E-state index in [9.17, 15) is 35.5 Å². The monoisotopic (exact) mass is 590 g/mol. The van der Waals surface area contributed by atoms with Gasteiger partial charge in [-0.15, -0.1) is 0 Å². The lowest BCUT2D eigenvalue weighted by Gasteiger charge is -2.43. The van der Waals surface area contributed by atoms with Crippen molar-refractivity contribution < 1.29 is 35.5 Å². The average Bonchev–Trinajstić information content (AvgIpc) is 2.94. The quantitative estimate of drug-likeness (QED) is 0.451. The Morgan fingerprint density at radius 3 is 2.39 bits per heavy atom. The molecule has 208 valence electrons. The fourth-order valence-corrected chi connectivity index (χ4v) is 8.71. The third-order valence-corrected chi connectivity index (χ3v) is 11.2. The molecule has 2 aromatic carbocycles. The second-order valence-electron chi connectivity index (χ2n) is 10.4. The lowest BCUT2D eigenvalue weighted by atomic mass is 9.73. The standard InChI is InChI=1S/C25H29ClF2N2O6S2/c1-13-6-16-9-17(10-18(13)25(16,32)12-29-37(3,33)34)38(35,36)23-8-15(4-5-19(23)26)24(31)30-22-11-21(28)20(27)7-14(22)2/h4-5,7-8,11,13,16-18,29,32H,6,9-10,12H2,1-3H3,(H,30,31)/t13-,16?,17+,18?,25+/m0/s1. The maximum absolute atomic E-state index is 13.7. The summed E-state index contributed by atoms with van der Waals surface area (Å²) in [6, 6.07) is 5.55. The first kappa shape index (κ1) is 28.9. The van der Waals surface area contributed by atoms with Crippen LogP contribution in [0.2, 0.25) is 5.02 Å². The number of amides is 1. The van der Waals surface area contributed by atoms with Crippen LogP contribution in [0.15, 0.2) is 35.2 Å². The van der Waals surface area contributed by atoms with Crippen molar-refractivity contribution in [2.75, 3.05) is 18.1 Å². The number of carbonyl (C=O) groups is 1. The van der Waals surface area contributed by atoms with Gasteiger partial charge < -0.3 is 10.4 Å². The molecule has 4 rings (SSSR count). The van der Waals surface area contributed by atoms with Crippen LogP contribution in [0, 0.1) is 36.3 Å².